The fourth-order valence-electron chi connectivity index (χ4n) is 3.22. The summed E-state index contributed by atoms with van der Waals surface area (Å²) in [6, 6.07) is 15.3. The Morgan fingerprint density at radius 2 is 1.81 bits per heavy atom. The summed E-state index contributed by atoms with van der Waals surface area (Å²) in [5.74, 6) is -0.278. The van der Waals surface area contributed by atoms with Gasteiger partial charge in [-0.2, -0.15) is 0 Å². The van der Waals surface area contributed by atoms with Crippen molar-refractivity contribution in [2.24, 2.45) is 5.92 Å². The molecular formula is C25H27ClN4O2. The Bertz CT molecular complexity index is 1100. The Balaban J connectivity index is 1.92. The number of carbonyl (C=O) groups excluding carboxylic acids is 2. The van der Waals surface area contributed by atoms with Crippen LogP contribution in [-0.4, -0.2) is 39.4 Å². The molecule has 32 heavy (non-hydrogen) atoms. The van der Waals surface area contributed by atoms with E-state index in [1.807, 2.05) is 54.1 Å². The lowest BCUT2D eigenvalue weighted by molar-refractivity contribution is -0.136. The van der Waals surface area contributed by atoms with Crippen LogP contribution in [0.25, 0.3) is 16.9 Å². The first-order chi connectivity index (χ1) is 15.3. The SMILES string of the molecule is C=CCN(CC(=O)Nc1nc(-c2ccc(Cl)cc2)cn1-c1ccc(C)cc1)C(=O)C(C)C. The van der Waals surface area contributed by atoms with Crippen LogP contribution in [-0.2, 0) is 9.59 Å². The number of rotatable bonds is 8. The highest BCUT2D eigenvalue weighted by Crippen LogP contribution is 2.25. The molecule has 2 amide bonds. The summed E-state index contributed by atoms with van der Waals surface area (Å²) in [5.41, 5.74) is 3.56. The van der Waals surface area contributed by atoms with Crippen molar-refractivity contribution in [3.63, 3.8) is 0 Å². The van der Waals surface area contributed by atoms with Gasteiger partial charge in [0.15, 0.2) is 0 Å². The van der Waals surface area contributed by atoms with E-state index in [1.165, 1.54) is 4.90 Å². The molecule has 0 aliphatic rings. The Morgan fingerprint density at radius 1 is 1.16 bits per heavy atom. The lowest BCUT2D eigenvalue weighted by Crippen LogP contribution is -2.40. The molecule has 0 radical (unpaired) electrons. The van der Waals surface area contributed by atoms with Crippen LogP contribution >= 0.6 is 11.6 Å². The number of carbonyl (C=O) groups is 2. The second-order valence-electron chi connectivity index (χ2n) is 7.87. The minimum absolute atomic E-state index is 0.0833. The third-order valence-corrected chi connectivity index (χ3v) is 5.15. The molecule has 0 atom stereocenters. The number of hydrogen-bond donors (Lipinski definition) is 1. The van der Waals surface area contributed by atoms with Gasteiger partial charge in [0.25, 0.3) is 0 Å². The second-order valence-corrected chi connectivity index (χ2v) is 8.31. The number of benzene rings is 2. The molecule has 0 aliphatic carbocycles. The quantitative estimate of drug-likeness (QED) is 0.485. The van der Waals surface area contributed by atoms with Gasteiger partial charge in [-0.15, -0.1) is 6.58 Å². The molecule has 0 unspecified atom stereocenters. The van der Waals surface area contributed by atoms with Gasteiger partial charge in [0.1, 0.15) is 6.54 Å². The normalized spacial score (nSPS) is 10.8. The topological polar surface area (TPSA) is 67.2 Å². The van der Waals surface area contributed by atoms with Crippen molar-refractivity contribution in [2.75, 3.05) is 18.4 Å². The zero-order valence-electron chi connectivity index (χ0n) is 18.5. The molecule has 0 spiro atoms. The molecule has 0 saturated carbocycles. The molecule has 6 nitrogen and oxygen atoms in total. The van der Waals surface area contributed by atoms with Gasteiger partial charge in [-0.25, -0.2) is 4.98 Å². The summed E-state index contributed by atoms with van der Waals surface area (Å²) in [4.78, 5) is 31.4. The average Bonchev–Trinajstić information content (AvgIpc) is 3.17. The molecule has 1 N–H and O–H groups in total. The average molecular weight is 451 g/mol. The van der Waals surface area contributed by atoms with Gasteiger partial charge in [0.2, 0.25) is 17.8 Å². The number of imidazole rings is 1. The molecule has 0 aliphatic heterocycles. The van der Waals surface area contributed by atoms with Gasteiger partial charge in [0, 0.05) is 34.9 Å². The standard InChI is InChI=1S/C25H27ClN4O2/c1-5-14-29(24(32)17(2)3)16-23(31)28-25-27-22(19-8-10-20(26)11-9-19)15-30(25)21-12-6-18(4)7-13-21/h5-13,15,17H,1,14,16H2,2-4H3,(H,27,28,31). The van der Waals surface area contributed by atoms with Crippen LogP contribution in [0.1, 0.15) is 19.4 Å². The van der Waals surface area contributed by atoms with Crippen molar-refractivity contribution in [3.8, 4) is 16.9 Å². The smallest absolute Gasteiger partial charge is 0.246 e. The highest BCUT2D eigenvalue weighted by molar-refractivity contribution is 6.30. The van der Waals surface area contributed by atoms with Crippen LogP contribution in [0.5, 0.6) is 0 Å². The largest absolute Gasteiger partial charge is 0.329 e. The van der Waals surface area contributed by atoms with Crippen molar-refractivity contribution < 1.29 is 9.59 Å². The number of anilines is 1. The summed E-state index contributed by atoms with van der Waals surface area (Å²) in [7, 11) is 0. The van der Waals surface area contributed by atoms with Gasteiger partial charge in [-0.1, -0.05) is 61.4 Å². The molecule has 0 bridgehead atoms. The number of hydrogen-bond acceptors (Lipinski definition) is 3. The van der Waals surface area contributed by atoms with E-state index in [1.54, 1.807) is 32.1 Å². The first-order valence-corrected chi connectivity index (χ1v) is 10.8. The van der Waals surface area contributed by atoms with Gasteiger partial charge < -0.3 is 4.90 Å². The van der Waals surface area contributed by atoms with E-state index in [0.29, 0.717) is 23.2 Å². The maximum atomic E-state index is 12.8. The molecular weight excluding hydrogens is 424 g/mol. The lowest BCUT2D eigenvalue weighted by atomic mass is 10.2. The summed E-state index contributed by atoms with van der Waals surface area (Å²) >= 11 is 6.02. The predicted molar refractivity (Wildman–Crippen MR) is 129 cm³/mol. The molecule has 0 saturated heterocycles. The van der Waals surface area contributed by atoms with Crippen LogP contribution in [0.2, 0.25) is 5.02 Å². The summed E-state index contributed by atoms with van der Waals surface area (Å²) < 4.78 is 1.82. The van der Waals surface area contributed by atoms with Crippen molar-refractivity contribution in [1.29, 1.82) is 0 Å². The van der Waals surface area contributed by atoms with E-state index in [4.69, 9.17) is 11.6 Å². The number of aromatic nitrogens is 2. The monoisotopic (exact) mass is 450 g/mol. The fraction of sp³-hybridized carbons (Fsp3) is 0.240. The Kier molecular flexibility index (Phi) is 7.49. The third kappa shape index (κ3) is 5.65. The zero-order valence-corrected chi connectivity index (χ0v) is 19.3. The Morgan fingerprint density at radius 3 is 2.41 bits per heavy atom. The molecule has 1 heterocycles. The summed E-state index contributed by atoms with van der Waals surface area (Å²) in [5, 5.41) is 3.50. The van der Waals surface area contributed by atoms with E-state index in [-0.39, 0.29) is 24.3 Å². The number of aryl methyl sites for hydroxylation is 1. The minimum Gasteiger partial charge on any atom is -0.329 e. The number of nitrogens with one attached hydrogen (secondary N) is 1. The highest BCUT2D eigenvalue weighted by Gasteiger charge is 2.20. The van der Waals surface area contributed by atoms with E-state index in [0.717, 1.165) is 16.8 Å². The van der Waals surface area contributed by atoms with Crippen molar-refractivity contribution in [2.45, 2.75) is 20.8 Å². The fourth-order valence-corrected chi connectivity index (χ4v) is 3.35. The highest BCUT2D eigenvalue weighted by atomic mass is 35.5. The van der Waals surface area contributed by atoms with Crippen molar-refractivity contribution in [1.82, 2.24) is 14.5 Å². The van der Waals surface area contributed by atoms with Gasteiger partial charge in [-0.3, -0.25) is 19.5 Å². The molecule has 166 valence electrons. The molecule has 0 fully saturated rings. The zero-order chi connectivity index (χ0) is 23.3. The summed E-state index contributed by atoms with van der Waals surface area (Å²) in [6.45, 7) is 9.52. The van der Waals surface area contributed by atoms with Crippen molar-refractivity contribution in [3.05, 3.63) is 78.0 Å². The van der Waals surface area contributed by atoms with Crippen LogP contribution in [0.15, 0.2) is 67.4 Å². The second kappa shape index (κ2) is 10.3. The van der Waals surface area contributed by atoms with E-state index in [2.05, 4.69) is 16.9 Å². The minimum atomic E-state index is -0.331. The van der Waals surface area contributed by atoms with Crippen LogP contribution in [0.3, 0.4) is 0 Å². The van der Waals surface area contributed by atoms with Crippen LogP contribution < -0.4 is 5.32 Å². The van der Waals surface area contributed by atoms with Crippen LogP contribution in [0.4, 0.5) is 5.95 Å². The summed E-state index contributed by atoms with van der Waals surface area (Å²) in [6.07, 6.45) is 3.48. The predicted octanol–water partition coefficient (Wildman–Crippen LogP) is 5.11. The van der Waals surface area contributed by atoms with E-state index < -0.39 is 0 Å². The molecule has 3 rings (SSSR count). The van der Waals surface area contributed by atoms with E-state index >= 15 is 0 Å². The Hall–Kier alpha value is -3.38. The molecule has 2 aromatic carbocycles. The molecule has 3 aromatic rings. The maximum Gasteiger partial charge on any atom is 0.246 e. The molecule has 7 heteroatoms. The van der Waals surface area contributed by atoms with Gasteiger partial charge in [0.05, 0.1) is 5.69 Å². The first-order valence-electron chi connectivity index (χ1n) is 10.4. The van der Waals surface area contributed by atoms with Gasteiger partial charge >= 0.3 is 0 Å². The lowest BCUT2D eigenvalue weighted by Gasteiger charge is -2.22. The molecule has 1 aromatic heterocycles. The van der Waals surface area contributed by atoms with E-state index in [9.17, 15) is 9.59 Å². The van der Waals surface area contributed by atoms with Crippen LogP contribution in [0, 0.1) is 12.8 Å². The maximum absolute atomic E-state index is 12.8. The van der Waals surface area contributed by atoms with Crippen molar-refractivity contribution >= 4 is 29.4 Å². The number of halogens is 1. The Labute approximate surface area is 193 Å². The number of amides is 2. The number of nitrogens with zero attached hydrogens (tertiary/aromatic N) is 3. The van der Waals surface area contributed by atoms with Gasteiger partial charge in [-0.05, 0) is 31.2 Å². The first kappa shape index (κ1) is 23.3. The third-order valence-electron chi connectivity index (χ3n) is 4.90.